The maximum absolute atomic E-state index is 12.7. The number of aliphatic imine (C=N–C) groups is 1. The molecule has 1 aromatic carbocycles. The topological polar surface area (TPSA) is 56.7 Å². The molecule has 0 aliphatic carbocycles. The second-order valence-corrected chi connectivity index (χ2v) is 5.81. The minimum absolute atomic E-state index is 0. The van der Waals surface area contributed by atoms with Crippen LogP contribution in [0.3, 0.4) is 0 Å². The molecule has 1 rings (SSSR count). The van der Waals surface area contributed by atoms with Crippen LogP contribution >= 0.6 is 24.0 Å². The molecule has 0 atom stereocenters. The van der Waals surface area contributed by atoms with E-state index in [0.717, 1.165) is 12.1 Å². The Morgan fingerprint density at radius 3 is 2.45 bits per heavy atom. The van der Waals surface area contributed by atoms with Crippen LogP contribution in [-0.4, -0.2) is 49.5 Å². The van der Waals surface area contributed by atoms with Crippen LogP contribution in [0.2, 0.25) is 0 Å². The fourth-order valence-corrected chi connectivity index (χ4v) is 2.39. The molecule has 0 saturated carbocycles. The number of alkyl halides is 3. The van der Waals surface area contributed by atoms with Crippen molar-refractivity contribution in [1.82, 2.24) is 15.5 Å². The minimum atomic E-state index is -4.39. The van der Waals surface area contributed by atoms with Crippen LogP contribution < -0.4 is 10.6 Å². The third-order valence-electron chi connectivity index (χ3n) is 3.82. The molecule has 0 aliphatic heterocycles. The highest BCUT2D eigenvalue weighted by atomic mass is 127. The molecule has 29 heavy (non-hydrogen) atoms. The third kappa shape index (κ3) is 10.4. The molecule has 0 fully saturated rings. The quantitative estimate of drug-likeness (QED) is 0.249. The maximum atomic E-state index is 12.7. The Hall–Kier alpha value is -1.96. The summed E-state index contributed by atoms with van der Waals surface area (Å²) < 4.78 is 38.1. The van der Waals surface area contributed by atoms with Crippen molar-refractivity contribution in [3.05, 3.63) is 35.4 Å². The van der Waals surface area contributed by atoms with Gasteiger partial charge in [0.1, 0.15) is 0 Å². The summed E-state index contributed by atoms with van der Waals surface area (Å²) in [6, 6.07) is 4.89. The molecule has 1 aromatic rings. The first-order chi connectivity index (χ1) is 13.3. The summed E-state index contributed by atoms with van der Waals surface area (Å²) in [7, 11) is 0. The van der Waals surface area contributed by atoms with E-state index in [9.17, 15) is 18.0 Å². The zero-order valence-electron chi connectivity index (χ0n) is 16.9. The predicted octanol–water partition coefficient (Wildman–Crippen LogP) is 3.49. The number of carbonyl (C=O) groups is 1. The van der Waals surface area contributed by atoms with Gasteiger partial charge in [0.15, 0.2) is 5.96 Å². The van der Waals surface area contributed by atoms with Crippen molar-refractivity contribution < 1.29 is 18.0 Å². The third-order valence-corrected chi connectivity index (χ3v) is 3.82. The molecule has 2 N–H and O–H groups in total. The molecular weight excluding hydrogens is 496 g/mol. The maximum Gasteiger partial charge on any atom is 0.416 e. The van der Waals surface area contributed by atoms with Crippen LogP contribution in [0.5, 0.6) is 0 Å². The van der Waals surface area contributed by atoms with Gasteiger partial charge in [0.25, 0.3) is 0 Å². The zero-order valence-corrected chi connectivity index (χ0v) is 19.2. The number of nitrogens with zero attached hydrogens (tertiary/aromatic N) is 2. The lowest BCUT2D eigenvalue weighted by Gasteiger charge is -2.18. The lowest BCUT2D eigenvalue weighted by molar-refractivity contribution is -0.137. The molecule has 1 amide bonds. The number of benzene rings is 1. The lowest BCUT2D eigenvalue weighted by Crippen LogP contribution is -2.38. The van der Waals surface area contributed by atoms with Gasteiger partial charge in [-0.25, -0.2) is 0 Å². The van der Waals surface area contributed by atoms with E-state index in [0.29, 0.717) is 44.1 Å². The first-order valence-electron chi connectivity index (χ1n) is 9.27. The van der Waals surface area contributed by atoms with E-state index in [4.69, 9.17) is 0 Å². The van der Waals surface area contributed by atoms with Crippen molar-refractivity contribution in [3.63, 3.8) is 0 Å². The Morgan fingerprint density at radius 2 is 1.86 bits per heavy atom. The van der Waals surface area contributed by atoms with E-state index in [1.54, 1.807) is 4.90 Å². The average Bonchev–Trinajstić information content (AvgIpc) is 2.65. The Labute approximate surface area is 187 Å². The van der Waals surface area contributed by atoms with Gasteiger partial charge in [0.2, 0.25) is 5.91 Å². The SMILES string of the molecule is CCNC(=NCCC(=O)N(CC)CC)NCC#Cc1cccc(C(F)(F)F)c1.I. The van der Waals surface area contributed by atoms with Gasteiger partial charge in [0, 0.05) is 31.6 Å². The van der Waals surface area contributed by atoms with Crippen LogP contribution in [0, 0.1) is 11.8 Å². The zero-order chi connectivity index (χ0) is 21.0. The summed E-state index contributed by atoms with van der Waals surface area (Å²) in [5, 5.41) is 6.02. The fraction of sp³-hybridized carbons (Fsp3) is 0.500. The van der Waals surface area contributed by atoms with Crippen molar-refractivity contribution in [2.75, 3.05) is 32.7 Å². The predicted molar refractivity (Wildman–Crippen MR) is 120 cm³/mol. The molecule has 0 saturated heterocycles. The van der Waals surface area contributed by atoms with E-state index in [2.05, 4.69) is 27.5 Å². The van der Waals surface area contributed by atoms with Crippen LogP contribution in [-0.2, 0) is 11.0 Å². The number of guanidine groups is 1. The monoisotopic (exact) mass is 524 g/mol. The summed E-state index contributed by atoms with van der Waals surface area (Å²) in [5.41, 5.74) is -0.427. The van der Waals surface area contributed by atoms with Crippen LogP contribution in [0.25, 0.3) is 0 Å². The lowest BCUT2D eigenvalue weighted by atomic mass is 10.1. The second kappa shape index (κ2) is 14.1. The molecule has 0 aliphatic rings. The van der Waals surface area contributed by atoms with E-state index in [1.165, 1.54) is 12.1 Å². The Balaban J connectivity index is 0.00000784. The van der Waals surface area contributed by atoms with Gasteiger partial charge in [-0.2, -0.15) is 13.2 Å². The molecule has 162 valence electrons. The van der Waals surface area contributed by atoms with Crippen molar-refractivity contribution in [3.8, 4) is 11.8 Å². The van der Waals surface area contributed by atoms with Gasteiger partial charge in [-0.3, -0.25) is 9.79 Å². The second-order valence-electron chi connectivity index (χ2n) is 5.81. The fourth-order valence-electron chi connectivity index (χ4n) is 2.39. The van der Waals surface area contributed by atoms with Crippen LogP contribution in [0.4, 0.5) is 13.2 Å². The summed E-state index contributed by atoms with van der Waals surface area (Å²) in [5.74, 6) is 6.04. The number of amides is 1. The number of halogens is 4. The minimum Gasteiger partial charge on any atom is -0.357 e. The molecule has 5 nitrogen and oxygen atoms in total. The van der Waals surface area contributed by atoms with Crippen molar-refractivity contribution in [2.24, 2.45) is 4.99 Å². The van der Waals surface area contributed by atoms with Gasteiger partial charge in [-0.15, -0.1) is 24.0 Å². The van der Waals surface area contributed by atoms with Crippen molar-refractivity contribution in [1.29, 1.82) is 0 Å². The largest absolute Gasteiger partial charge is 0.416 e. The van der Waals surface area contributed by atoms with E-state index < -0.39 is 11.7 Å². The number of hydrogen-bond acceptors (Lipinski definition) is 2. The first kappa shape index (κ1) is 27.0. The van der Waals surface area contributed by atoms with Gasteiger partial charge in [-0.05, 0) is 39.0 Å². The molecule has 0 bridgehead atoms. The molecule has 9 heteroatoms. The van der Waals surface area contributed by atoms with E-state index in [1.807, 2.05) is 20.8 Å². The summed E-state index contributed by atoms with van der Waals surface area (Å²) in [4.78, 5) is 18.0. The highest BCUT2D eigenvalue weighted by Gasteiger charge is 2.30. The van der Waals surface area contributed by atoms with Gasteiger partial charge in [0.05, 0.1) is 18.7 Å². The Morgan fingerprint density at radius 1 is 1.17 bits per heavy atom. The first-order valence-corrected chi connectivity index (χ1v) is 9.27. The summed E-state index contributed by atoms with van der Waals surface area (Å²) >= 11 is 0. The normalized spacial score (nSPS) is 11.0. The smallest absolute Gasteiger partial charge is 0.357 e. The van der Waals surface area contributed by atoms with Crippen LogP contribution in [0.1, 0.15) is 38.3 Å². The van der Waals surface area contributed by atoms with Gasteiger partial charge < -0.3 is 15.5 Å². The molecule has 0 heterocycles. The molecule has 0 aromatic heterocycles. The Kier molecular flexibility index (Phi) is 13.1. The van der Waals surface area contributed by atoms with Crippen molar-refractivity contribution >= 4 is 35.8 Å². The standard InChI is InChI=1S/C20H27F3N4O.HI/c1-4-24-19(26-14-12-18(28)27(5-2)6-3)25-13-8-10-16-9-7-11-17(15-16)20(21,22)23;/h7,9,11,15H,4-6,12-14H2,1-3H3,(H2,24,25,26);1H. The summed E-state index contributed by atoms with van der Waals surface area (Å²) in [6.07, 6.45) is -4.07. The van der Waals surface area contributed by atoms with E-state index in [-0.39, 0.29) is 36.4 Å². The van der Waals surface area contributed by atoms with Crippen LogP contribution in [0.15, 0.2) is 29.3 Å². The summed E-state index contributed by atoms with van der Waals surface area (Å²) in [6.45, 7) is 8.30. The average molecular weight is 524 g/mol. The Bertz CT molecular complexity index is 722. The number of carbonyl (C=O) groups excluding carboxylic acids is 1. The van der Waals surface area contributed by atoms with E-state index >= 15 is 0 Å². The number of rotatable bonds is 7. The number of hydrogen-bond donors (Lipinski definition) is 2. The molecule has 0 radical (unpaired) electrons. The van der Waals surface area contributed by atoms with Crippen molar-refractivity contribution in [2.45, 2.75) is 33.4 Å². The molecule has 0 unspecified atom stereocenters. The molecular formula is C20H28F3IN4O. The number of nitrogens with one attached hydrogen (secondary N) is 2. The highest BCUT2D eigenvalue weighted by Crippen LogP contribution is 2.29. The molecule has 0 spiro atoms. The van der Waals surface area contributed by atoms with Gasteiger partial charge >= 0.3 is 6.18 Å². The highest BCUT2D eigenvalue weighted by molar-refractivity contribution is 14.0. The van der Waals surface area contributed by atoms with Gasteiger partial charge in [-0.1, -0.05) is 17.9 Å².